The Morgan fingerprint density at radius 2 is 1.70 bits per heavy atom. The second-order valence-corrected chi connectivity index (χ2v) is 6.57. The van der Waals surface area contributed by atoms with Crippen LogP contribution < -0.4 is 16.0 Å². The number of hydrogen-bond donors (Lipinski definition) is 3. The molecular weight excluding hydrogens is 491 g/mol. The van der Waals surface area contributed by atoms with Crippen LogP contribution in [0.1, 0.15) is 28.1 Å². The molecule has 7 heteroatoms. The van der Waals surface area contributed by atoms with Crippen LogP contribution in [0.5, 0.6) is 0 Å². The number of carbonyl (C=O) groups excluding carboxylic acids is 1. The number of anilines is 1. The summed E-state index contributed by atoms with van der Waals surface area (Å²) in [5.74, 6) is 0.798. The molecule has 158 valence electrons. The minimum Gasteiger partial charge on any atom is -0.459 e. The van der Waals surface area contributed by atoms with Crippen molar-refractivity contribution in [3.8, 4) is 0 Å². The van der Waals surface area contributed by atoms with E-state index in [1.54, 1.807) is 19.2 Å². The summed E-state index contributed by atoms with van der Waals surface area (Å²) in [5, 5.41) is 9.44. The summed E-state index contributed by atoms with van der Waals surface area (Å²) < 4.78 is 5.09. The third kappa shape index (κ3) is 7.55. The van der Waals surface area contributed by atoms with Crippen molar-refractivity contribution in [1.29, 1.82) is 0 Å². The summed E-state index contributed by atoms with van der Waals surface area (Å²) in [4.78, 5) is 16.2. The highest BCUT2D eigenvalue weighted by Crippen LogP contribution is 2.11. The topological polar surface area (TPSA) is 78.7 Å². The first kappa shape index (κ1) is 23.5. The van der Waals surface area contributed by atoms with E-state index in [4.69, 9.17) is 4.42 Å². The summed E-state index contributed by atoms with van der Waals surface area (Å²) >= 11 is 0. The Labute approximate surface area is 194 Å². The summed E-state index contributed by atoms with van der Waals surface area (Å²) in [6.07, 6.45) is 3.55. The average molecular weight is 518 g/mol. The number of nitrogens with zero attached hydrogens (tertiary/aromatic N) is 1. The van der Waals surface area contributed by atoms with E-state index in [0.717, 1.165) is 36.6 Å². The van der Waals surface area contributed by atoms with E-state index in [-0.39, 0.29) is 35.6 Å². The van der Waals surface area contributed by atoms with E-state index >= 15 is 0 Å². The zero-order valence-corrected chi connectivity index (χ0v) is 19.3. The first-order chi connectivity index (χ1) is 14.2. The van der Waals surface area contributed by atoms with Crippen LogP contribution in [0.25, 0.3) is 0 Å². The van der Waals surface area contributed by atoms with E-state index in [0.29, 0.717) is 6.54 Å². The van der Waals surface area contributed by atoms with E-state index in [9.17, 15) is 4.79 Å². The Bertz CT molecular complexity index is 910. The summed E-state index contributed by atoms with van der Waals surface area (Å²) in [5.41, 5.74) is 3.16. The van der Waals surface area contributed by atoms with Gasteiger partial charge in [-0.3, -0.25) is 9.79 Å². The standard InChI is InChI=1S/C23H26N4O2.HI/c1-24-23(25-15-5-9-18-7-3-2-4-8-18)26-17-19-11-13-20(14-12-19)27-22(28)21-10-6-16-29-21;/h2-4,6-8,10-14,16H,5,9,15,17H2,1H3,(H,27,28)(H2,24,25,26);1H. The monoisotopic (exact) mass is 518 g/mol. The lowest BCUT2D eigenvalue weighted by Gasteiger charge is -2.12. The normalized spacial score (nSPS) is 10.8. The maximum absolute atomic E-state index is 12.0. The van der Waals surface area contributed by atoms with Gasteiger partial charge in [0.2, 0.25) is 0 Å². The Morgan fingerprint density at radius 1 is 0.933 bits per heavy atom. The van der Waals surface area contributed by atoms with Crippen molar-refractivity contribution in [2.75, 3.05) is 18.9 Å². The van der Waals surface area contributed by atoms with Gasteiger partial charge < -0.3 is 20.4 Å². The van der Waals surface area contributed by atoms with Gasteiger partial charge in [0.25, 0.3) is 5.91 Å². The Hall–Kier alpha value is -2.81. The van der Waals surface area contributed by atoms with Gasteiger partial charge in [-0.1, -0.05) is 42.5 Å². The lowest BCUT2D eigenvalue weighted by molar-refractivity contribution is 0.0996. The number of benzene rings is 2. The fourth-order valence-corrected chi connectivity index (χ4v) is 2.86. The minimum atomic E-state index is -0.263. The predicted octanol–water partition coefficient (Wildman–Crippen LogP) is 4.45. The fourth-order valence-electron chi connectivity index (χ4n) is 2.86. The van der Waals surface area contributed by atoms with E-state index in [2.05, 4.69) is 45.2 Å². The molecule has 0 spiro atoms. The van der Waals surface area contributed by atoms with Crippen LogP contribution in [-0.4, -0.2) is 25.5 Å². The fraction of sp³-hybridized carbons (Fsp3) is 0.217. The smallest absolute Gasteiger partial charge is 0.291 e. The molecular formula is C23H27IN4O2. The largest absolute Gasteiger partial charge is 0.459 e. The van der Waals surface area contributed by atoms with Gasteiger partial charge in [0.1, 0.15) is 0 Å². The molecule has 0 saturated heterocycles. The summed E-state index contributed by atoms with van der Waals surface area (Å²) in [6.45, 7) is 1.50. The molecule has 0 bridgehead atoms. The lowest BCUT2D eigenvalue weighted by Crippen LogP contribution is -2.37. The van der Waals surface area contributed by atoms with Gasteiger partial charge >= 0.3 is 0 Å². The number of halogens is 1. The second-order valence-electron chi connectivity index (χ2n) is 6.57. The number of rotatable bonds is 8. The first-order valence-corrected chi connectivity index (χ1v) is 9.67. The number of carbonyl (C=O) groups is 1. The molecule has 30 heavy (non-hydrogen) atoms. The first-order valence-electron chi connectivity index (χ1n) is 9.67. The average Bonchev–Trinajstić information content (AvgIpc) is 3.30. The molecule has 1 aromatic heterocycles. The third-order valence-electron chi connectivity index (χ3n) is 4.42. The molecule has 0 unspecified atom stereocenters. The Balaban J connectivity index is 0.00000320. The number of furan rings is 1. The van der Waals surface area contributed by atoms with Gasteiger partial charge in [-0.25, -0.2) is 0 Å². The number of nitrogens with one attached hydrogen (secondary N) is 3. The van der Waals surface area contributed by atoms with Crippen LogP contribution in [0.3, 0.4) is 0 Å². The molecule has 3 rings (SSSR count). The SMILES string of the molecule is CN=C(NCCCc1ccccc1)NCc1ccc(NC(=O)c2ccco2)cc1.I. The van der Waals surface area contributed by atoms with E-state index in [1.165, 1.54) is 11.8 Å². The van der Waals surface area contributed by atoms with Crippen molar-refractivity contribution < 1.29 is 9.21 Å². The van der Waals surface area contributed by atoms with Gasteiger partial charge in [0, 0.05) is 25.8 Å². The van der Waals surface area contributed by atoms with Crippen molar-refractivity contribution in [3.63, 3.8) is 0 Å². The molecule has 0 aliphatic carbocycles. The highest BCUT2D eigenvalue weighted by molar-refractivity contribution is 14.0. The molecule has 2 aromatic carbocycles. The number of guanidine groups is 1. The van der Waals surface area contributed by atoms with Crippen molar-refractivity contribution in [1.82, 2.24) is 10.6 Å². The lowest BCUT2D eigenvalue weighted by atomic mass is 10.1. The molecule has 0 aliphatic rings. The zero-order chi connectivity index (χ0) is 20.3. The molecule has 6 nitrogen and oxygen atoms in total. The van der Waals surface area contributed by atoms with Crippen LogP contribution in [0, 0.1) is 0 Å². The van der Waals surface area contributed by atoms with E-state index in [1.807, 2.05) is 30.3 Å². The molecule has 3 N–H and O–H groups in total. The quantitative estimate of drug-likeness (QED) is 0.178. The number of hydrogen-bond acceptors (Lipinski definition) is 3. The Morgan fingerprint density at radius 3 is 2.37 bits per heavy atom. The molecule has 0 radical (unpaired) electrons. The van der Waals surface area contributed by atoms with Crippen LogP contribution >= 0.6 is 24.0 Å². The van der Waals surface area contributed by atoms with E-state index < -0.39 is 0 Å². The number of aryl methyl sites for hydroxylation is 1. The van der Waals surface area contributed by atoms with Gasteiger partial charge in [0.15, 0.2) is 11.7 Å². The predicted molar refractivity (Wildman–Crippen MR) is 131 cm³/mol. The van der Waals surface area contributed by atoms with Crippen molar-refractivity contribution in [3.05, 3.63) is 89.9 Å². The summed E-state index contributed by atoms with van der Waals surface area (Å²) in [7, 11) is 1.76. The van der Waals surface area contributed by atoms with Crippen molar-refractivity contribution in [2.24, 2.45) is 4.99 Å². The maximum atomic E-state index is 12.0. The number of aliphatic imine (C=N–C) groups is 1. The minimum absolute atomic E-state index is 0. The molecule has 0 aliphatic heterocycles. The van der Waals surface area contributed by atoms with Crippen LogP contribution in [0.2, 0.25) is 0 Å². The van der Waals surface area contributed by atoms with Crippen LogP contribution in [0.4, 0.5) is 5.69 Å². The molecule has 3 aromatic rings. The second kappa shape index (κ2) is 12.7. The van der Waals surface area contributed by atoms with Gasteiger partial charge in [-0.2, -0.15) is 0 Å². The highest BCUT2D eigenvalue weighted by atomic mass is 127. The van der Waals surface area contributed by atoms with Crippen LogP contribution in [-0.2, 0) is 13.0 Å². The van der Waals surface area contributed by atoms with Crippen LogP contribution in [0.15, 0.2) is 82.4 Å². The molecule has 0 fully saturated rings. The number of amides is 1. The van der Waals surface area contributed by atoms with Crippen molar-refractivity contribution in [2.45, 2.75) is 19.4 Å². The highest BCUT2D eigenvalue weighted by Gasteiger charge is 2.08. The molecule has 1 amide bonds. The van der Waals surface area contributed by atoms with Gasteiger partial charge in [-0.15, -0.1) is 24.0 Å². The van der Waals surface area contributed by atoms with Gasteiger partial charge in [-0.05, 0) is 48.2 Å². The molecule has 1 heterocycles. The Kier molecular flexibility index (Phi) is 9.93. The molecule has 0 saturated carbocycles. The van der Waals surface area contributed by atoms with Gasteiger partial charge in [0.05, 0.1) is 6.26 Å². The van der Waals surface area contributed by atoms with Crippen molar-refractivity contribution >= 4 is 41.5 Å². The zero-order valence-electron chi connectivity index (χ0n) is 16.9. The summed E-state index contributed by atoms with van der Waals surface area (Å²) in [6, 6.07) is 21.4. The molecule has 0 atom stereocenters. The maximum Gasteiger partial charge on any atom is 0.291 e. The third-order valence-corrected chi connectivity index (χ3v) is 4.42.